The minimum Gasteiger partial charge on any atom is -0.741 e. The van der Waals surface area contributed by atoms with Gasteiger partial charge in [-0.3, -0.25) is 0 Å². The molecule has 0 atom stereocenters. The van der Waals surface area contributed by atoms with Crippen molar-refractivity contribution in [3.63, 3.8) is 0 Å². The Bertz CT molecular complexity index is 1770. The molecule has 5 rings (SSSR count). The first-order chi connectivity index (χ1) is 18.4. The standard InChI is InChI=1S/C30H24N.CHF3O3S/c1-21-19-22(2)25(23(3)20-21)17-18-31-28-15-9-7-13-26(28)30(24-11-5-4-6-12-24)27-14-8-10-16-29(27)31;2-1(3,4)8(5,6)7/h4-16,19-20H,1-3H3;(H,5,6,7)/q+1;/p-1. The number of rotatable bonds is 1. The third-order valence-corrected chi connectivity index (χ3v) is 6.71. The van der Waals surface area contributed by atoms with Crippen LogP contribution in [-0.2, 0) is 10.1 Å². The molecule has 198 valence electrons. The summed E-state index contributed by atoms with van der Waals surface area (Å²) in [6, 6.07) is 35.7. The first-order valence-electron chi connectivity index (χ1n) is 11.9. The second-order valence-corrected chi connectivity index (χ2v) is 10.4. The first kappa shape index (κ1) is 27.8. The summed E-state index contributed by atoms with van der Waals surface area (Å²) in [5, 5.41) is 2.41. The smallest absolute Gasteiger partial charge is 0.485 e. The van der Waals surface area contributed by atoms with Crippen LogP contribution in [0.15, 0.2) is 91.0 Å². The summed E-state index contributed by atoms with van der Waals surface area (Å²) in [4.78, 5) is 0. The highest BCUT2D eigenvalue weighted by molar-refractivity contribution is 7.86. The fourth-order valence-corrected chi connectivity index (χ4v) is 4.56. The van der Waals surface area contributed by atoms with Crippen LogP contribution >= 0.6 is 0 Å². The molecule has 0 aliphatic carbocycles. The van der Waals surface area contributed by atoms with Crippen molar-refractivity contribution in [1.29, 1.82) is 0 Å². The van der Waals surface area contributed by atoms with Crippen molar-refractivity contribution < 1.29 is 30.7 Å². The van der Waals surface area contributed by atoms with E-state index in [-0.39, 0.29) is 0 Å². The highest BCUT2D eigenvalue weighted by Gasteiger charge is 2.36. The van der Waals surface area contributed by atoms with E-state index < -0.39 is 15.6 Å². The van der Waals surface area contributed by atoms with Gasteiger partial charge in [0.25, 0.3) is 0 Å². The van der Waals surface area contributed by atoms with Crippen molar-refractivity contribution in [2.45, 2.75) is 26.3 Å². The van der Waals surface area contributed by atoms with Crippen molar-refractivity contribution in [3.8, 4) is 23.1 Å². The van der Waals surface area contributed by atoms with Crippen LogP contribution < -0.4 is 4.57 Å². The lowest BCUT2D eigenvalue weighted by molar-refractivity contribution is -0.524. The van der Waals surface area contributed by atoms with Crippen molar-refractivity contribution in [3.05, 3.63) is 113 Å². The Kier molecular flexibility index (Phi) is 7.77. The fraction of sp³-hybridized carbons (Fsp3) is 0.129. The van der Waals surface area contributed by atoms with E-state index in [2.05, 4.69) is 128 Å². The minimum absolute atomic E-state index is 1.11. The van der Waals surface area contributed by atoms with E-state index in [1.165, 1.54) is 38.6 Å². The average Bonchev–Trinajstić information content (AvgIpc) is 2.87. The maximum absolute atomic E-state index is 10.7. The topological polar surface area (TPSA) is 61.1 Å². The Morgan fingerprint density at radius 2 is 1.18 bits per heavy atom. The molecule has 4 aromatic carbocycles. The molecule has 0 saturated carbocycles. The largest absolute Gasteiger partial charge is 0.741 e. The molecule has 0 spiro atoms. The van der Waals surface area contributed by atoms with Crippen molar-refractivity contribution in [2.24, 2.45) is 0 Å². The van der Waals surface area contributed by atoms with Crippen LogP contribution in [0.2, 0.25) is 0 Å². The summed E-state index contributed by atoms with van der Waals surface area (Å²) in [5.74, 6) is 3.48. The van der Waals surface area contributed by atoms with E-state index in [0.717, 1.165) is 16.6 Å². The number of hydrogen-bond donors (Lipinski definition) is 0. The van der Waals surface area contributed by atoms with Crippen molar-refractivity contribution in [2.75, 3.05) is 0 Å². The third-order valence-electron chi connectivity index (χ3n) is 6.14. The molecule has 5 aromatic rings. The second kappa shape index (κ2) is 10.9. The molecule has 4 nitrogen and oxygen atoms in total. The highest BCUT2D eigenvalue weighted by atomic mass is 32.2. The lowest BCUT2D eigenvalue weighted by Gasteiger charge is -2.09. The van der Waals surface area contributed by atoms with E-state index in [1.807, 2.05) is 0 Å². The number of halogens is 3. The van der Waals surface area contributed by atoms with Crippen LogP contribution in [0.3, 0.4) is 0 Å². The molecule has 1 heterocycles. The second-order valence-electron chi connectivity index (χ2n) is 9.02. The summed E-state index contributed by atoms with van der Waals surface area (Å²) >= 11 is 0. The van der Waals surface area contributed by atoms with E-state index in [0.29, 0.717) is 0 Å². The SMILES string of the molecule is Cc1cc(C)c(C#C[n+]2c3ccccc3c(-c3ccccc3)c3ccccc32)c(C)c1.O=S(=O)([O-])C(F)(F)F. The summed E-state index contributed by atoms with van der Waals surface area (Å²) in [7, 11) is -6.09. The van der Waals surface area contributed by atoms with Crippen LogP contribution in [0.1, 0.15) is 22.3 Å². The molecular weight excluding hydrogens is 523 g/mol. The van der Waals surface area contributed by atoms with Gasteiger partial charge in [-0.05, 0) is 49.6 Å². The number of hydrogen-bond acceptors (Lipinski definition) is 3. The van der Waals surface area contributed by atoms with Gasteiger partial charge in [-0.25, -0.2) is 8.42 Å². The van der Waals surface area contributed by atoms with Crippen molar-refractivity contribution in [1.82, 2.24) is 0 Å². The van der Waals surface area contributed by atoms with Gasteiger partial charge >= 0.3 is 5.51 Å². The number of aryl methyl sites for hydroxylation is 3. The molecule has 0 aliphatic rings. The zero-order valence-electron chi connectivity index (χ0n) is 21.4. The van der Waals surface area contributed by atoms with Gasteiger partial charge in [-0.15, -0.1) is 4.57 Å². The lowest BCUT2D eigenvalue weighted by Crippen LogP contribution is -2.30. The Morgan fingerprint density at radius 1 is 0.744 bits per heavy atom. The molecule has 0 aliphatic heterocycles. The number of pyridine rings is 1. The number of para-hydroxylation sites is 2. The van der Waals surface area contributed by atoms with Gasteiger partial charge in [-0.1, -0.05) is 72.3 Å². The molecule has 1 aromatic heterocycles. The molecule has 8 heteroatoms. The number of alkyl halides is 3. The summed E-state index contributed by atoms with van der Waals surface area (Å²) in [5.41, 5.74) is 3.90. The Balaban J connectivity index is 0.000000386. The number of fused-ring (bicyclic) bond motifs is 2. The van der Waals surface area contributed by atoms with E-state index in [9.17, 15) is 13.2 Å². The van der Waals surface area contributed by atoms with Crippen LogP contribution in [0.4, 0.5) is 13.2 Å². The maximum Gasteiger partial charge on any atom is 0.485 e. The molecule has 0 radical (unpaired) electrons. The van der Waals surface area contributed by atoms with Crippen LogP contribution in [0.25, 0.3) is 32.9 Å². The van der Waals surface area contributed by atoms with Gasteiger partial charge in [0.2, 0.25) is 17.1 Å². The van der Waals surface area contributed by atoms with E-state index >= 15 is 0 Å². The maximum atomic E-state index is 10.7. The minimum atomic E-state index is -6.09. The Labute approximate surface area is 225 Å². The normalized spacial score (nSPS) is 11.5. The predicted molar refractivity (Wildman–Crippen MR) is 146 cm³/mol. The molecule has 0 fully saturated rings. The van der Waals surface area contributed by atoms with Gasteiger partial charge in [0.1, 0.15) is 0 Å². The fourth-order valence-electron chi connectivity index (χ4n) is 4.56. The van der Waals surface area contributed by atoms with Gasteiger partial charge in [0, 0.05) is 29.2 Å². The van der Waals surface area contributed by atoms with Gasteiger partial charge in [0.05, 0.1) is 10.8 Å². The molecule has 0 saturated heterocycles. The first-order valence-corrected chi connectivity index (χ1v) is 13.3. The van der Waals surface area contributed by atoms with Gasteiger partial charge < -0.3 is 4.55 Å². The molecular formula is C31H24F3NO3S. The summed E-state index contributed by atoms with van der Waals surface area (Å²) in [6.07, 6.45) is 0. The number of aromatic nitrogens is 1. The molecule has 39 heavy (non-hydrogen) atoms. The summed E-state index contributed by atoms with van der Waals surface area (Å²) < 4.78 is 61.1. The van der Waals surface area contributed by atoms with E-state index in [1.54, 1.807) is 0 Å². The zero-order valence-corrected chi connectivity index (χ0v) is 22.2. The van der Waals surface area contributed by atoms with Crippen LogP contribution in [0.5, 0.6) is 0 Å². The molecule has 0 unspecified atom stereocenters. The zero-order chi connectivity index (χ0) is 28.4. The number of benzene rings is 4. The van der Waals surface area contributed by atoms with Crippen molar-refractivity contribution >= 4 is 31.9 Å². The Morgan fingerprint density at radius 3 is 1.64 bits per heavy atom. The van der Waals surface area contributed by atoms with Gasteiger partial charge in [-0.2, -0.15) is 13.2 Å². The van der Waals surface area contributed by atoms with E-state index in [4.69, 9.17) is 13.0 Å². The molecule has 0 bridgehead atoms. The lowest BCUT2D eigenvalue weighted by atomic mass is 9.96. The number of nitrogens with zero attached hydrogens (tertiary/aromatic N) is 1. The molecule has 0 N–H and O–H groups in total. The average molecular weight is 548 g/mol. The third kappa shape index (κ3) is 5.95. The molecule has 0 amide bonds. The quantitative estimate of drug-likeness (QED) is 0.0764. The monoisotopic (exact) mass is 547 g/mol. The highest BCUT2D eigenvalue weighted by Crippen LogP contribution is 2.33. The summed E-state index contributed by atoms with van der Waals surface area (Å²) in [6.45, 7) is 6.42. The van der Waals surface area contributed by atoms with Crippen LogP contribution in [-0.4, -0.2) is 18.5 Å². The van der Waals surface area contributed by atoms with Crippen LogP contribution in [0, 0.1) is 32.7 Å². The Hall–Kier alpha value is -4.19. The predicted octanol–water partition coefficient (Wildman–Crippen LogP) is 6.78. The van der Waals surface area contributed by atoms with Gasteiger partial charge in [0.15, 0.2) is 10.1 Å².